The van der Waals surface area contributed by atoms with Crippen molar-refractivity contribution >= 4 is 10.2 Å². The van der Waals surface area contributed by atoms with Crippen LogP contribution in [0.1, 0.15) is 16.7 Å². The summed E-state index contributed by atoms with van der Waals surface area (Å²) in [6.45, 7) is 3.96. The molecule has 0 bridgehead atoms. The third-order valence-electron chi connectivity index (χ3n) is 2.48. The van der Waals surface area contributed by atoms with Crippen LogP contribution in [0, 0.1) is 13.8 Å². The van der Waals surface area contributed by atoms with Crippen LogP contribution in [0.25, 0.3) is 0 Å². The standard InChI is InChI=1S/C11H16FNO2S/c1-8-3-4-10(5-9(8)2)6-11(13)7-16(12,14)15/h3-5,11H,6-7,13H2,1-2H3. The minimum atomic E-state index is -4.49. The summed E-state index contributed by atoms with van der Waals surface area (Å²) in [6.07, 6.45) is 0.365. The van der Waals surface area contributed by atoms with Crippen molar-refractivity contribution in [3.05, 3.63) is 34.9 Å². The number of hydrogen-bond donors (Lipinski definition) is 1. The summed E-state index contributed by atoms with van der Waals surface area (Å²) in [5.74, 6) is -0.625. The van der Waals surface area contributed by atoms with E-state index in [4.69, 9.17) is 5.73 Å². The SMILES string of the molecule is Cc1ccc(CC(N)CS(=O)(=O)F)cc1C. The number of benzene rings is 1. The van der Waals surface area contributed by atoms with E-state index in [2.05, 4.69) is 0 Å². The molecule has 1 rings (SSSR count). The first-order chi connectivity index (χ1) is 7.28. The molecule has 2 N–H and O–H groups in total. The Bertz CT molecular complexity index is 471. The van der Waals surface area contributed by atoms with Gasteiger partial charge in [-0.15, -0.1) is 3.89 Å². The molecule has 0 heterocycles. The molecule has 0 radical (unpaired) electrons. The van der Waals surface area contributed by atoms with E-state index in [1.807, 2.05) is 32.0 Å². The Morgan fingerprint density at radius 3 is 2.44 bits per heavy atom. The third-order valence-corrected chi connectivity index (χ3v) is 3.31. The number of hydrogen-bond acceptors (Lipinski definition) is 3. The molecule has 0 aliphatic heterocycles. The maximum Gasteiger partial charge on any atom is 0.303 e. The van der Waals surface area contributed by atoms with Crippen LogP contribution in [0.2, 0.25) is 0 Å². The fraction of sp³-hybridized carbons (Fsp3) is 0.455. The van der Waals surface area contributed by atoms with Gasteiger partial charge in [-0.2, -0.15) is 8.42 Å². The molecule has 0 aromatic heterocycles. The zero-order chi connectivity index (χ0) is 12.3. The lowest BCUT2D eigenvalue weighted by Gasteiger charge is -2.10. The van der Waals surface area contributed by atoms with Gasteiger partial charge in [0.2, 0.25) is 0 Å². The van der Waals surface area contributed by atoms with Crippen molar-refractivity contribution in [2.45, 2.75) is 26.3 Å². The van der Waals surface area contributed by atoms with Crippen LogP contribution in [0.4, 0.5) is 3.89 Å². The van der Waals surface area contributed by atoms with E-state index in [0.29, 0.717) is 6.42 Å². The van der Waals surface area contributed by atoms with E-state index in [1.165, 1.54) is 0 Å². The van der Waals surface area contributed by atoms with Gasteiger partial charge in [-0.1, -0.05) is 18.2 Å². The van der Waals surface area contributed by atoms with Gasteiger partial charge >= 0.3 is 10.2 Å². The van der Waals surface area contributed by atoms with Crippen LogP contribution in [-0.4, -0.2) is 20.2 Å². The van der Waals surface area contributed by atoms with Crippen molar-refractivity contribution in [3.8, 4) is 0 Å². The highest BCUT2D eigenvalue weighted by molar-refractivity contribution is 7.86. The van der Waals surface area contributed by atoms with Gasteiger partial charge < -0.3 is 5.73 Å². The molecule has 16 heavy (non-hydrogen) atoms. The van der Waals surface area contributed by atoms with Gasteiger partial charge in [-0.05, 0) is 37.0 Å². The molecule has 0 fully saturated rings. The van der Waals surface area contributed by atoms with E-state index >= 15 is 0 Å². The Morgan fingerprint density at radius 1 is 1.31 bits per heavy atom. The lowest BCUT2D eigenvalue weighted by Crippen LogP contribution is -2.30. The Balaban J connectivity index is 2.70. The first-order valence-electron chi connectivity index (χ1n) is 5.02. The number of aryl methyl sites for hydroxylation is 2. The fourth-order valence-electron chi connectivity index (χ4n) is 1.55. The zero-order valence-electron chi connectivity index (χ0n) is 9.40. The summed E-state index contributed by atoms with van der Waals surface area (Å²) in [4.78, 5) is 0. The van der Waals surface area contributed by atoms with Crippen LogP contribution in [0.15, 0.2) is 18.2 Å². The smallest absolute Gasteiger partial charge is 0.303 e. The molecule has 0 saturated carbocycles. The lowest BCUT2D eigenvalue weighted by atomic mass is 10.0. The minimum absolute atomic E-state index is 0.365. The van der Waals surface area contributed by atoms with E-state index in [0.717, 1.165) is 16.7 Å². The highest BCUT2D eigenvalue weighted by Crippen LogP contribution is 2.11. The molecule has 90 valence electrons. The van der Waals surface area contributed by atoms with Gasteiger partial charge in [0.25, 0.3) is 0 Å². The largest absolute Gasteiger partial charge is 0.326 e. The molecule has 1 aromatic carbocycles. The Kier molecular flexibility index (Phi) is 4.04. The molecule has 0 aliphatic carbocycles. The molecule has 1 aromatic rings. The second-order valence-electron chi connectivity index (χ2n) is 4.09. The second kappa shape index (κ2) is 4.93. The van der Waals surface area contributed by atoms with Crippen molar-refractivity contribution in [1.29, 1.82) is 0 Å². The lowest BCUT2D eigenvalue weighted by molar-refractivity contribution is 0.542. The molecular weight excluding hydrogens is 229 g/mol. The molecule has 0 amide bonds. The summed E-state index contributed by atoms with van der Waals surface area (Å²) in [5, 5.41) is 0. The molecule has 5 heteroatoms. The Morgan fingerprint density at radius 2 is 1.94 bits per heavy atom. The first-order valence-corrected chi connectivity index (χ1v) is 6.57. The van der Waals surface area contributed by atoms with Crippen molar-refractivity contribution in [2.24, 2.45) is 5.73 Å². The minimum Gasteiger partial charge on any atom is -0.326 e. The predicted octanol–water partition coefficient (Wildman–Crippen LogP) is 1.47. The van der Waals surface area contributed by atoms with Crippen LogP contribution >= 0.6 is 0 Å². The highest BCUT2D eigenvalue weighted by atomic mass is 32.3. The van der Waals surface area contributed by atoms with Crippen molar-refractivity contribution in [1.82, 2.24) is 0 Å². The number of nitrogens with two attached hydrogens (primary N) is 1. The predicted molar refractivity (Wildman–Crippen MR) is 62.5 cm³/mol. The van der Waals surface area contributed by atoms with E-state index in [1.54, 1.807) is 0 Å². The fourth-order valence-corrected chi connectivity index (χ4v) is 2.18. The molecule has 0 spiro atoms. The topological polar surface area (TPSA) is 60.2 Å². The molecular formula is C11H16FNO2S. The summed E-state index contributed by atoms with van der Waals surface area (Å²) in [6, 6.07) is 5.08. The quantitative estimate of drug-likeness (QED) is 0.817. The van der Waals surface area contributed by atoms with Crippen LogP contribution in [0.5, 0.6) is 0 Å². The summed E-state index contributed by atoms with van der Waals surface area (Å²) in [7, 11) is -4.49. The molecule has 0 aliphatic rings. The molecule has 1 unspecified atom stereocenters. The molecule has 0 saturated heterocycles. The normalized spacial score (nSPS) is 13.8. The van der Waals surface area contributed by atoms with Crippen molar-refractivity contribution < 1.29 is 12.3 Å². The van der Waals surface area contributed by atoms with Crippen molar-refractivity contribution in [3.63, 3.8) is 0 Å². The maximum absolute atomic E-state index is 12.4. The average Bonchev–Trinajstić information content (AvgIpc) is 2.08. The zero-order valence-corrected chi connectivity index (χ0v) is 10.2. The van der Waals surface area contributed by atoms with Gasteiger partial charge in [0.05, 0.1) is 5.75 Å². The number of halogens is 1. The summed E-state index contributed by atoms with van der Waals surface area (Å²) in [5.41, 5.74) is 8.77. The van der Waals surface area contributed by atoms with Gasteiger partial charge in [0, 0.05) is 6.04 Å². The average molecular weight is 245 g/mol. The van der Waals surface area contributed by atoms with Crippen LogP contribution < -0.4 is 5.73 Å². The molecule has 3 nitrogen and oxygen atoms in total. The van der Waals surface area contributed by atoms with Gasteiger partial charge in [0.15, 0.2) is 0 Å². The van der Waals surface area contributed by atoms with E-state index in [9.17, 15) is 12.3 Å². The first kappa shape index (κ1) is 13.1. The van der Waals surface area contributed by atoms with Crippen LogP contribution in [0.3, 0.4) is 0 Å². The van der Waals surface area contributed by atoms with E-state index in [-0.39, 0.29) is 0 Å². The van der Waals surface area contributed by atoms with E-state index < -0.39 is 22.0 Å². The second-order valence-corrected chi connectivity index (χ2v) is 5.50. The van der Waals surface area contributed by atoms with Crippen molar-refractivity contribution in [2.75, 3.05) is 5.75 Å². The Labute approximate surface area is 95.7 Å². The maximum atomic E-state index is 12.4. The third kappa shape index (κ3) is 4.28. The summed E-state index contributed by atoms with van der Waals surface area (Å²) >= 11 is 0. The van der Waals surface area contributed by atoms with Crippen LogP contribution in [-0.2, 0) is 16.6 Å². The Hall–Kier alpha value is -0.940. The number of rotatable bonds is 4. The van der Waals surface area contributed by atoms with Gasteiger partial charge in [-0.3, -0.25) is 0 Å². The monoisotopic (exact) mass is 245 g/mol. The highest BCUT2D eigenvalue weighted by Gasteiger charge is 2.15. The molecule has 1 atom stereocenters. The van der Waals surface area contributed by atoms with Gasteiger partial charge in [-0.25, -0.2) is 0 Å². The van der Waals surface area contributed by atoms with Gasteiger partial charge in [0.1, 0.15) is 0 Å². The summed E-state index contributed by atoms with van der Waals surface area (Å²) < 4.78 is 33.2.